The Balaban J connectivity index is 1.82. The van der Waals surface area contributed by atoms with Gasteiger partial charge >= 0.3 is 6.03 Å². The van der Waals surface area contributed by atoms with Gasteiger partial charge in [0.15, 0.2) is 0 Å². The molecule has 7 nitrogen and oxygen atoms in total. The van der Waals surface area contributed by atoms with Crippen LogP contribution >= 0.6 is 0 Å². The number of hydrogen-bond donors (Lipinski definition) is 1. The molecule has 0 aromatic heterocycles. The average Bonchev–Trinajstić information content (AvgIpc) is 3.25. The highest BCUT2D eigenvalue weighted by Gasteiger charge is 2.51. The fourth-order valence-electron chi connectivity index (χ4n) is 3.49. The lowest BCUT2D eigenvalue weighted by Gasteiger charge is -2.26. The first-order valence-corrected chi connectivity index (χ1v) is 8.58. The van der Waals surface area contributed by atoms with E-state index >= 15 is 0 Å². The molecule has 2 heterocycles. The summed E-state index contributed by atoms with van der Waals surface area (Å²) >= 11 is 0. The van der Waals surface area contributed by atoms with E-state index in [1.165, 1.54) is 0 Å². The Kier molecular flexibility index (Phi) is 4.65. The van der Waals surface area contributed by atoms with E-state index in [2.05, 4.69) is 5.32 Å². The average molecular weight is 345 g/mol. The van der Waals surface area contributed by atoms with Crippen LogP contribution in [0.1, 0.15) is 31.7 Å². The van der Waals surface area contributed by atoms with Gasteiger partial charge in [0.2, 0.25) is 5.91 Å². The van der Waals surface area contributed by atoms with E-state index in [-0.39, 0.29) is 18.4 Å². The number of nitrogens with zero attached hydrogens (tertiary/aromatic N) is 2. The second kappa shape index (κ2) is 6.74. The van der Waals surface area contributed by atoms with Crippen molar-refractivity contribution < 1.29 is 19.1 Å². The summed E-state index contributed by atoms with van der Waals surface area (Å²) in [7, 11) is 1.57. The lowest BCUT2D eigenvalue weighted by molar-refractivity contribution is -0.138. The van der Waals surface area contributed by atoms with Crippen LogP contribution < -0.4 is 10.1 Å². The van der Waals surface area contributed by atoms with E-state index in [0.717, 1.165) is 17.7 Å². The highest BCUT2D eigenvalue weighted by Crippen LogP contribution is 2.33. The molecule has 3 rings (SSSR count). The van der Waals surface area contributed by atoms with Crippen molar-refractivity contribution >= 4 is 17.8 Å². The largest absolute Gasteiger partial charge is 0.497 e. The molecule has 0 spiro atoms. The zero-order chi connectivity index (χ0) is 18.0. The van der Waals surface area contributed by atoms with Crippen molar-refractivity contribution in [3.63, 3.8) is 0 Å². The van der Waals surface area contributed by atoms with Gasteiger partial charge in [-0.05, 0) is 37.0 Å². The Morgan fingerprint density at radius 1 is 1.20 bits per heavy atom. The molecule has 134 valence electrons. The monoisotopic (exact) mass is 345 g/mol. The van der Waals surface area contributed by atoms with Crippen LogP contribution in [0.4, 0.5) is 4.79 Å². The van der Waals surface area contributed by atoms with E-state index in [0.29, 0.717) is 30.8 Å². The summed E-state index contributed by atoms with van der Waals surface area (Å²) in [5.41, 5.74) is -0.445. The first kappa shape index (κ1) is 17.3. The first-order chi connectivity index (χ1) is 12.0. The van der Waals surface area contributed by atoms with Gasteiger partial charge in [-0.1, -0.05) is 19.1 Å². The minimum Gasteiger partial charge on any atom is -0.497 e. The highest BCUT2D eigenvalue weighted by molar-refractivity contribution is 6.09. The molecule has 0 saturated carbocycles. The Bertz CT molecular complexity index is 682. The molecule has 2 fully saturated rings. The van der Waals surface area contributed by atoms with Gasteiger partial charge < -0.3 is 15.0 Å². The quantitative estimate of drug-likeness (QED) is 0.820. The van der Waals surface area contributed by atoms with Gasteiger partial charge in [-0.2, -0.15) is 0 Å². The molecule has 4 amide bonds. The predicted octanol–water partition coefficient (Wildman–Crippen LogP) is 1.47. The Labute approximate surface area is 146 Å². The van der Waals surface area contributed by atoms with Crippen molar-refractivity contribution in [3.8, 4) is 5.75 Å². The van der Waals surface area contributed by atoms with E-state index in [1.54, 1.807) is 36.3 Å². The molecule has 0 aliphatic carbocycles. The fraction of sp³-hybridized carbons (Fsp3) is 0.500. The van der Waals surface area contributed by atoms with Crippen LogP contribution in [0.25, 0.3) is 0 Å². The van der Waals surface area contributed by atoms with Crippen LogP contribution in [-0.2, 0) is 15.1 Å². The third-order valence-corrected chi connectivity index (χ3v) is 5.04. The van der Waals surface area contributed by atoms with E-state index in [4.69, 9.17) is 4.74 Å². The van der Waals surface area contributed by atoms with Crippen molar-refractivity contribution in [1.82, 2.24) is 15.1 Å². The van der Waals surface area contributed by atoms with Crippen LogP contribution in [0, 0.1) is 0 Å². The fourth-order valence-corrected chi connectivity index (χ4v) is 3.49. The summed E-state index contributed by atoms with van der Waals surface area (Å²) in [6, 6.07) is 6.53. The second-order valence-corrected chi connectivity index (χ2v) is 6.40. The molecule has 2 aliphatic heterocycles. The number of benzene rings is 1. The minimum absolute atomic E-state index is 0.178. The summed E-state index contributed by atoms with van der Waals surface area (Å²) in [6.45, 7) is 3.02. The van der Waals surface area contributed by atoms with E-state index < -0.39 is 11.6 Å². The number of hydrogen-bond acceptors (Lipinski definition) is 4. The van der Waals surface area contributed by atoms with Gasteiger partial charge in [0.05, 0.1) is 7.11 Å². The standard InChI is InChI=1S/C18H23N3O4/c1-3-18(13-6-8-14(25-2)9-7-13)16(23)21(17(24)19-18)12-15(22)20-10-4-5-11-20/h6-9H,3-5,10-12H2,1-2H3,(H,19,24)/t18-/m1/s1. The number of nitrogens with one attached hydrogen (secondary N) is 1. The molecule has 2 aliphatic rings. The molecule has 0 bridgehead atoms. The van der Waals surface area contributed by atoms with Gasteiger partial charge in [0.25, 0.3) is 5.91 Å². The molecule has 1 N–H and O–H groups in total. The molecule has 2 saturated heterocycles. The third-order valence-electron chi connectivity index (χ3n) is 5.04. The number of methoxy groups -OCH3 is 1. The van der Waals surface area contributed by atoms with Crippen LogP contribution in [0.2, 0.25) is 0 Å². The second-order valence-electron chi connectivity index (χ2n) is 6.40. The van der Waals surface area contributed by atoms with Crippen LogP contribution in [-0.4, -0.2) is 54.4 Å². The Morgan fingerprint density at radius 3 is 2.40 bits per heavy atom. The van der Waals surface area contributed by atoms with Gasteiger partial charge in [-0.3, -0.25) is 14.5 Å². The van der Waals surface area contributed by atoms with E-state index in [9.17, 15) is 14.4 Å². The molecule has 25 heavy (non-hydrogen) atoms. The third kappa shape index (κ3) is 2.94. The molecular weight excluding hydrogens is 322 g/mol. The minimum atomic E-state index is -1.13. The van der Waals surface area contributed by atoms with Crippen molar-refractivity contribution in [3.05, 3.63) is 29.8 Å². The molecule has 7 heteroatoms. The zero-order valence-corrected chi connectivity index (χ0v) is 14.6. The predicted molar refractivity (Wildman–Crippen MR) is 91.0 cm³/mol. The lowest BCUT2D eigenvalue weighted by atomic mass is 9.87. The number of carbonyl (C=O) groups is 3. The lowest BCUT2D eigenvalue weighted by Crippen LogP contribution is -2.45. The molecule has 1 aromatic rings. The van der Waals surface area contributed by atoms with Crippen LogP contribution in [0.15, 0.2) is 24.3 Å². The summed E-state index contributed by atoms with van der Waals surface area (Å²) in [5, 5.41) is 2.79. The molecular formula is C18H23N3O4. The molecule has 0 radical (unpaired) electrons. The highest BCUT2D eigenvalue weighted by atomic mass is 16.5. The maximum absolute atomic E-state index is 13.0. The summed E-state index contributed by atoms with van der Waals surface area (Å²) in [5.74, 6) is 0.119. The maximum atomic E-state index is 13.0. The summed E-state index contributed by atoms with van der Waals surface area (Å²) < 4.78 is 5.14. The molecule has 0 unspecified atom stereocenters. The van der Waals surface area contributed by atoms with Gasteiger partial charge in [0.1, 0.15) is 17.8 Å². The molecule has 1 atom stereocenters. The number of imide groups is 1. The van der Waals surface area contributed by atoms with Crippen LogP contribution in [0.3, 0.4) is 0 Å². The Morgan fingerprint density at radius 2 is 1.84 bits per heavy atom. The van der Waals surface area contributed by atoms with Crippen molar-refractivity contribution in [1.29, 1.82) is 0 Å². The maximum Gasteiger partial charge on any atom is 0.325 e. The zero-order valence-electron chi connectivity index (χ0n) is 14.6. The number of ether oxygens (including phenoxy) is 1. The number of amides is 4. The topological polar surface area (TPSA) is 79.0 Å². The number of urea groups is 1. The van der Waals surface area contributed by atoms with Gasteiger partial charge in [0, 0.05) is 13.1 Å². The Hall–Kier alpha value is -2.57. The van der Waals surface area contributed by atoms with Gasteiger partial charge in [-0.15, -0.1) is 0 Å². The number of carbonyl (C=O) groups excluding carboxylic acids is 3. The molecule has 1 aromatic carbocycles. The first-order valence-electron chi connectivity index (χ1n) is 8.58. The van der Waals surface area contributed by atoms with Crippen molar-refractivity contribution in [2.24, 2.45) is 0 Å². The summed E-state index contributed by atoms with van der Waals surface area (Å²) in [6.07, 6.45) is 2.34. The van der Waals surface area contributed by atoms with Crippen molar-refractivity contribution in [2.45, 2.75) is 31.7 Å². The smallest absolute Gasteiger partial charge is 0.325 e. The SMILES string of the molecule is CC[C@]1(c2ccc(OC)cc2)NC(=O)N(CC(=O)N2CCCC2)C1=O. The van der Waals surface area contributed by atoms with E-state index in [1.807, 2.05) is 6.92 Å². The van der Waals surface area contributed by atoms with Gasteiger partial charge in [-0.25, -0.2) is 4.79 Å². The van der Waals surface area contributed by atoms with Crippen molar-refractivity contribution in [2.75, 3.05) is 26.7 Å². The number of rotatable bonds is 5. The number of likely N-dealkylation sites (tertiary alicyclic amines) is 1. The summed E-state index contributed by atoms with van der Waals surface area (Å²) in [4.78, 5) is 40.5. The normalized spacial score (nSPS) is 23.1. The van der Waals surface area contributed by atoms with Crippen LogP contribution in [0.5, 0.6) is 5.75 Å².